The molecule has 0 amide bonds. The summed E-state index contributed by atoms with van der Waals surface area (Å²) in [4.78, 5) is 13.2. The van der Waals surface area contributed by atoms with E-state index in [0.717, 1.165) is 30.9 Å². The molecule has 0 aliphatic carbocycles. The Morgan fingerprint density at radius 2 is 2.10 bits per heavy atom. The van der Waals surface area contributed by atoms with Gasteiger partial charge < -0.3 is 14.3 Å². The third-order valence-electron chi connectivity index (χ3n) is 3.33. The summed E-state index contributed by atoms with van der Waals surface area (Å²) in [5, 5.41) is 3.97. The lowest BCUT2D eigenvalue weighted by Gasteiger charge is -2.19. The second-order valence-electron chi connectivity index (χ2n) is 5.21. The first-order valence-corrected chi connectivity index (χ1v) is 7.11. The SMILES string of the molecule is CCc1noc(C(/N=C/N(C)C)=C(\C)N2CCCC2)n1. The van der Waals surface area contributed by atoms with Gasteiger partial charge in [-0.05, 0) is 19.8 Å². The van der Waals surface area contributed by atoms with Crippen LogP contribution >= 0.6 is 0 Å². The van der Waals surface area contributed by atoms with Gasteiger partial charge in [0.15, 0.2) is 5.82 Å². The van der Waals surface area contributed by atoms with Crippen molar-refractivity contribution >= 4 is 12.0 Å². The summed E-state index contributed by atoms with van der Waals surface area (Å²) in [6.45, 7) is 6.22. The van der Waals surface area contributed by atoms with Crippen molar-refractivity contribution < 1.29 is 4.52 Å². The van der Waals surface area contributed by atoms with Gasteiger partial charge in [0.1, 0.15) is 5.70 Å². The summed E-state index contributed by atoms with van der Waals surface area (Å²) < 4.78 is 5.35. The van der Waals surface area contributed by atoms with Crippen LogP contribution in [0.1, 0.15) is 38.4 Å². The van der Waals surface area contributed by atoms with Gasteiger partial charge in [0, 0.05) is 39.3 Å². The van der Waals surface area contributed by atoms with Crippen molar-refractivity contribution in [2.75, 3.05) is 27.2 Å². The summed E-state index contributed by atoms with van der Waals surface area (Å²) in [6.07, 6.45) is 4.99. The maximum atomic E-state index is 5.35. The largest absolute Gasteiger partial charge is 0.373 e. The monoisotopic (exact) mass is 277 g/mol. The molecule has 0 saturated carbocycles. The molecule has 0 bridgehead atoms. The molecule has 0 N–H and O–H groups in total. The molecule has 2 heterocycles. The average Bonchev–Trinajstić information content (AvgIpc) is 3.09. The Labute approximate surface area is 120 Å². The highest BCUT2D eigenvalue weighted by Crippen LogP contribution is 2.24. The van der Waals surface area contributed by atoms with Gasteiger partial charge in [-0.3, -0.25) is 0 Å². The Balaban J connectivity index is 2.35. The Bertz CT molecular complexity index is 497. The minimum atomic E-state index is 0.504. The van der Waals surface area contributed by atoms with Gasteiger partial charge in [0.05, 0.1) is 6.34 Å². The predicted octanol–water partition coefficient (Wildman–Crippen LogP) is 2.01. The van der Waals surface area contributed by atoms with Crippen LogP contribution in [0.25, 0.3) is 5.70 Å². The van der Waals surface area contributed by atoms with Crippen molar-refractivity contribution in [2.24, 2.45) is 4.99 Å². The van der Waals surface area contributed by atoms with Crippen molar-refractivity contribution in [1.82, 2.24) is 19.9 Å². The minimum Gasteiger partial charge on any atom is -0.373 e. The number of hydrogen-bond donors (Lipinski definition) is 0. The Morgan fingerprint density at radius 1 is 1.40 bits per heavy atom. The average molecular weight is 277 g/mol. The van der Waals surface area contributed by atoms with E-state index in [-0.39, 0.29) is 0 Å². The van der Waals surface area contributed by atoms with Gasteiger partial charge in [-0.1, -0.05) is 12.1 Å². The molecule has 20 heavy (non-hydrogen) atoms. The molecule has 1 aliphatic rings. The van der Waals surface area contributed by atoms with Crippen molar-refractivity contribution in [3.05, 3.63) is 17.4 Å². The van der Waals surface area contributed by atoms with Crippen molar-refractivity contribution in [3.63, 3.8) is 0 Å². The molecular formula is C14H23N5O. The molecule has 6 nitrogen and oxygen atoms in total. The first kappa shape index (κ1) is 14.6. The molecule has 2 rings (SSSR count). The Hall–Kier alpha value is -1.85. The lowest BCUT2D eigenvalue weighted by molar-refractivity contribution is 0.393. The molecule has 6 heteroatoms. The van der Waals surface area contributed by atoms with E-state index in [1.807, 2.05) is 25.9 Å². The first-order valence-electron chi connectivity index (χ1n) is 7.11. The van der Waals surface area contributed by atoms with Crippen LogP contribution in [0.15, 0.2) is 15.2 Å². The summed E-state index contributed by atoms with van der Waals surface area (Å²) >= 11 is 0. The highest BCUT2D eigenvalue weighted by molar-refractivity contribution is 5.70. The van der Waals surface area contributed by atoms with Gasteiger partial charge >= 0.3 is 0 Å². The third kappa shape index (κ3) is 3.37. The van der Waals surface area contributed by atoms with E-state index >= 15 is 0 Å². The molecule has 0 atom stereocenters. The number of hydrogen-bond acceptors (Lipinski definition) is 5. The Morgan fingerprint density at radius 3 is 2.65 bits per heavy atom. The van der Waals surface area contributed by atoms with Crippen LogP contribution in [0.2, 0.25) is 0 Å². The maximum Gasteiger partial charge on any atom is 0.278 e. The van der Waals surface area contributed by atoms with Crippen LogP contribution in [0, 0.1) is 0 Å². The highest BCUT2D eigenvalue weighted by atomic mass is 16.5. The van der Waals surface area contributed by atoms with Crippen molar-refractivity contribution in [2.45, 2.75) is 33.1 Å². The zero-order chi connectivity index (χ0) is 14.5. The van der Waals surface area contributed by atoms with E-state index in [0.29, 0.717) is 11.7 Å². The quantitative estimate of drug-likeness (QED) is 0.608. The van der Waals surface area contributed by atoms with Gasteiger partial charge in [0.2, 0.25) is 0 Å². The normalized spacial score (nSPS) is 16.9. The molecule has 1 aliphatic heterocycles. The third-order valence-corrected chi connectivity index (χ3v) is 3.33. The molecular weight excluding hydrogens is 254 g/mol. The van der Waals surface area contributed by atoms with E-state index in [1.54, 1.807) is 6.34 Å². The zero-order valence-electron chi connectivity index (χ0n) is 12.8. The lowest BCUT2D eigenvalue weighted by Crippen LogP contribution is -2.18. The number of aryl methyl sites for hydroxylation is 1. The topological polar surface area (TPSA) is 57.8 Å². The van der Waals surface area contributed by atoms with Crippen LogP contribution < -0.4 is 0 Å². The first-order chi connectivity index (χ1) is 9.61. The fourth-order valence-corrected chi connectivity index (χ4v) is 2.17. The number of likely N-dealkylation sites (tertiary alicyclic amines) is 1. The molecule has 1 aromatic heterocycles. The van der Waals surface area contributed by atoms with Crippen molar-refractivity contribution in [1.29, 1.82) is 0 Å². The number of allylic oxidation sites excluding steroid dienone is 1. The van der Waals surface area contributed by atoms with Crippen LogP contribution in [-0.2, 0) is 6.42 Å². The number of aliphatic imine (C=N–C) groups is 1. The summed E-state index contributed by atoms with van der Waals surface area (Å²) in [7, 11) is 3.88. The number of nitrogens with zero attached hydrogens (tertiary/aromatic N) is 5. The van der Waals surface area contributed by atoms with E-state index in [2.05, 4.69) is 27.0 Å². The smallest absolute Gasteiger partial charge is 0.278 e. The van der Waals surface area contributed by atoms with Crippen LogP contribution in [-0.4, -0.2) is 53.5 Å². The van der Waals surface area contributed by atoms with Gasteiger partial charge in [-0.2, -0.15) is 4.98 Å². The molecule has 1 fully saturated rings. The summed E-state index contributed by atoms with van der Waals surface area (Å²) in [6, 6.07) is 0. The summed E-state index contributed by atoms with van der Waals surface area (Å²) in [5.74, 6) is 1.22. The second kappa shape index (κ2) is 6.54. The fraction of sp³-hybridized carbons (Fsp3) is 0.643. The fourth-order valence-electron chi connectivity index (χ4n) is 2.17. The van der Waals surface area contributed by atoms with Gasteiger partial charge in [-0.15, -0.1) is 0 Å². The molecule has 110 valence electrons. The lowest BCUT2D eigenvalue weighted by atomic mass is 10.3. The molecule has 0 aromatic carbocycles. The van der Waals surface area contributed by atoms with Crippen LogP contribution in [0.4, 0.5) is 0 Å². The number of rotatable bonds is 5. The van der Waals surface area contributed by atoms with E-state index in [9.17, 15) is 0 Å². The molecule has 1 aromatic rings. The van der Waals surface area contributed by atoms with E-state index < -0.39 is 0 Å². The van der Waals surface area contributed by atoms with Gasteiger partial charge in [0.25, 0.3) is 5.89 Å². The molecule has 1 saturated heterocycles. The Kier molecular flexibility index (Phi) is 4.76. The molecule has 0 radical (unpaired) electrons. The zero-order valence-corrected chi connectivity index (χ0v) is 12.8. The highest BCUT2D eigenvalue weighted by Gasteiger charge is 2.19. The minimum absolute atomic E-state index is 0.504. The second-order valence-corrected chi connectivity index (χ2v) is 5.21. The van der Waals surface area contributed by atoms with Gasteiger partial charge in [-0.25, -0.2) is 4.99 Å². The standard InChI is InChI=1S/C14H23N5O/c1-5-12-16-14(20-17-12)13(15-10-18(3)4)11(2)19-8-6-7-9-19/h10H,5-9H2,1-4H3/b13-11-,15-10+. The maximum absolute atomic E-state index is 5.35. The molecule has 0 unspecified atom stereocenters. The van der Waals surface area contributed by atoms with Crippen LogP contribution in [0.5, 0.6) is 0 Å². The number of aromatic nitrogens is 2. The van der Waals surface area contributed by atoms with Crippen LogP contribution in [0.3, 0.4) is 0 Å². The van der Waals surface area contributed by atoms with E-state index in [4.69, 9.17) is 4.52 Å². The van der Waals surface area contributed by atoms with E-state index in [1.165, 1.54) is 12.8 Å². The molecule has 0 spiro atoms. The van der Waals surface area contributed by atoms with Crippen molar-refractivity contribution in [3.8, 4) is 0 Å². The predicted molar refractivity (Wildman–Crippen MR) is 79.3 cm³/mol. The summed E-state index contributed by atoms with van der Waals surface area (Å²) in [5.41, 5.74) is 1.87.